The van der Waals surface area contributed by atoms with Gasteiger partial charge in [-0.15, -0.1) is 0 Å². The first kappa shape index (κ1) is 18.9. The molecular weight excluding hydrogens is 392 g/mol. The highest BCUT2D eigenvalue weighted by atomic mass is 16.6. The number of para-hydroxylation sites is 2. The van der Waals surface area contributed by atoms with E-state index in [0.717, 1.165) is 21.9 Å². The van der Waals surface area contributed by atoms with Gasteiger partial charge in [0.2, 0.25) is 5.91 Å². The Balaban J connectivity index is 1.30. The number of nitrogens with zero attached hydrogens (tertiary/aromatic N) is 2. The highest BCUT2D eigenvalue weighted by molar-refractivity contribution is 5.96. The van der Waals surface area contributed by atoms with Crippen LogP contribution in [0.3, 0.4) is 0 Å². The molecule has 7 nitrogen and oxygen atoms in total. The van der Waals surface area contributed by atoms with Crippen molar-refractivity contribution >= 4 is 33.6 Å². The smallest absolute Gasteiger partial charge is 0.395 e. The number of nitrogens with one attached hydrogen (secondary N) is 2. The van der Waals surface area contributed by atoms with Crippen LogP contribution in [0, 0.1) is 0 Å². The first-order valence-electron chi connectivity index (χ1n) is 9.99. The van der Waals surface area contributed by atoms with Crippen molar-refractivity contribution in [3.05, 3.63) is 84.1 Å². The van der Waals surface area contributed by atoms with Crippen molar-refractivity contribution in [1.82, 2.24) is 15.2 Å². The number of hydrogen-bond donors (Lipinski definition) is 2. The SMILES string of the molecule is CC(Oc1nc2ccccc2o1)c1cn[nH]c1NC(=O)Cc1cccc2ccccc12. The average Bonchev–Trinajstić information content (AvgIpc) is 3.40. The number of carbonyl (C=O) groups is 1. The van der Waals surface area contributed by atoms with Gasteiger partial charge in [0.1, 0.15) is 17.4 Å². The molecule has 5 rings (SSSR count). The molecule has 2 heterocycles. The largest absolute Gasteiger partial charge is 0.442 e. The van der Waals surface area contributed by atoms with E-state index in [-0.39, 0.29) is 18.4 Å². The predicted octanol–water partition coefficient (Wildman–Crippen LogP) is 5.03. The number of oxazole rings is 1. The quantitative estimate of drug-likeness (QED) is 0.408. The number of hydrogen-bond acceptors (Lipinski definition) is 5. The summed E-state index contributed by atoms with van der Waals surface area (Å²) in [4.78, 5) is 17.1. The average molecular weight is 412 g/mol. The van der Waals surface area contributed by atoms with E-state index in [4.69, 9.17) is 9.15 Å². The summed E-state index contributed by atoms with van der Waals surface area (Å²) in [5.74, 6) is 0.352. The number of anilines is 1. The van der Waals surface area contributed by atoms with Crippen molar-refractivity contribution in [2.24, 2.45) is 0 Å². The van der Waals surface area contributed by atoms with Gasteiger partial charge in [-0.05, 0) is 35.4 Å². The van der Waals surface area contributed by atoms with Gasteiger partial charge in [-0.2, -0.15) is 10.1 Å². The van der Waals surface area contributed by atoms with Crippen LogP contribution < -0.4 is 10.1 Å². The molecule has 0 aliphatic heterocycles. The van der Waals surface area contributed by atoms with Crippen LogP contribution in [0.1, 0.15) is 24.2 Å². The highest BCUT2D eigenvalue weighted by Gasteiger charge is 2.19. The molecule has 5 aromatic rings. The molecule has 0 saturated carbocycles. The topological polar surface area (TPSA) is 93.0 Å². The third kappa shape index (κ3) is 3.85. The van der Waals surface area contributed by atoms with Gasteiger partial charge >= 0.3 is 6.08 Å². The summed E-state index contributed by atoms with van der Waals surface area (Å²) in [6.45, 7) is 1.85. The van der Waals surface area contributed by atoms with Crippen molar-refractivity contribution in [3.8, 4) is 6.08 Å². The van der Waals surface area contributed by atoms with E-state index in [2.05, 4.69) is 20.5 Å². The molecule has 1 atom stereocenters. The van der Waals surface area contributed by atoms with E-state index in [0.29, 0.717) is 17.0 Å². The molecule has 1 unspecified atom stereocenters. The molecule has 3 aromatic carbocycles. The van der Waals surface area contributed by atoms with Gasteiger partial charge in [0.05, 0.1) is 18.2 Å². The van der Waals surface area contributed by atoms with E-state index in [1.807, 2.05) is 73.7 Å². The lowest BCUT2D eigenvalue weighted by molar-refractivity contribution is -0.115. The molecular formula is C24H20N4O3. The summed E-state index contributed by atoms with van der Waals surface area (Å²) in [5, 5.41) is 12.0. The number of aromatic nitrogens is 3. The molecule has 1 amide bonds. The van der Waals surface area contributed by atoms with Gasteiger partial charge in [0.15, 0.2) is 5.58 Å². The fourth-order valence-corrected chi connectivity index (χ4v) is 3.62. The van der Waals surface area contributed by atoms with Crippen LogP contribution in [0.2, 0.25) is 0 Å². The maximum atomic E-state index is 12.7. The maximum Gasteiger partial charge on any atom is 0.395 e. The molecule has 0 bridgehead atoms. The monoisotopic (exact) mass is 412 g/mol. The number of ether oxygens (including phenoxy) is 1. The van der Waals surface area contributed by atoms with E-state index in [1.54, 1.807) is 6.20 Å². The number of carbonyl (C=O) groups excluding carboxylic acids is 1. The zero-order chi connectivity index (χ0) is 21.2. The number of amides is 1. The van der Waals surface area contributed by atoms with Crippen molar-refractivity contribution in [2.75, 3.05) is 5.32 Å². The number of aromatic amines is 1. The summed E-state index contributed by atoms with van der Waals surface area (Å²) in [6, 6.07) is 21.4. The molecule has 0 spiro atoms. The van der Waals surface area contributed by atoms with Crippen LogP contribution in [0.15, 0.2) is 77.3 Å². The Morgan fingerprint density at radius 2 is 1.90 bits per heavy atom. The predicted molar refractivity (Wildman–Crippen MR) is 118 cm³/mol. The lowest BCUT2D eigenvalue weighted by Crippen LogP contribution is -2.17. The first-order valence-corrected chi connectivity index (χ1v) is 9.99. The van der Waals surface area contributed by atoms with Gasteiger partial charge < -0.3 is 14.5 Å². The molecule has 2 N–H and O–H groups in total. The maximum absolute atomic E-state index is 12.7. The molecule has 31 heavy (non-hydrogen) atoms. The Morgan fingerprint density at radius 3 is 2.81 bits per heavy atom. The number of benzene rings is 3. The van der Waals surface area contributed by atoms with E-state index in [9.17, 15) is 4.79 Å². The van der Waals surface area contributed by atoms with E-state index >= 15 is 0 Å². The fourth-order valence-electron chi connectivity index (χ4n) is 3.62. The molecule has 0 saturated heterocycles. The molecule has 0 aliphatic carbocycles. The van der Waals surface area contributed by atoms with E-state index < -0.39 is 6.10 Å². The molecule has 0 fully saturated rings. The summed E-state index contributed by atoms with van der Waals surface area (Å²) in [7, 11) is 0. The van der Waals surface area contributed by atoms with Crippen LogP contribution in [0.4, 0.5) is 5.82 Å². The zero-order valence-electron chi connectivity index (χ0n) is 16.8. The second kappa shape index (κ2) is 7.95. The van der Waals surface area contributed by atoms with Gasteiger partial charge in [0, 0.05) is 0 Å². The minimum absolute atomic E-state index is 0.143. The third-order valence-corrected chi connectivity index (χ3v) is 5.15. The van der Waals surface area contributed by atoms with Crippen LogP contribution in [-0.2, 0) is 11.2 Å². The highest BCUT2D eigenvalue weighted by Crippen LogP contribution is 2.28. The van der Waals surface area contributed by atoms with Crippen molar-refractivity contribution in [2.45, 2.75) is 19.4 Å². The Morgan fingerprint density at radius 1 is 1.10 bits per heavy atom. The minimum atomic E-state index is -0.431. The molecule has 0 radical (unpaired) electrons. The second-order valence-corrected chi connectivity index (χ2v) is 7.27. The van der Waals surface area contributed by atoms with Gasteiger partial charge in [-0.1, -0.05) is 54.6 Å². The Labute approximate surface area is 178 Å². The third-order valence-electron chi connectivity index (χ3n) is 5.15. The van der Waals surface area contributed by atoms with E-state index in [1.165, 1.54) is 0 Å². The molecule has 7 heteroatoms. The summed E-state index contributed by atoms with van der Waals surface area (Å²) < 4.78 is 11.5. The lowest BCUT2D eigenvalue weighted by atomic mass is 10.0. The van der Waals surface area contributed by atoms with Gasteiger partial charge in [0.25, 0.3) is 0 Å². The van der Waals surface area contributed by atoms with Crippen molar-refractivity contribution in [1.29, 1.82) is 0 Å². The Hall–Kier alpha value is -4.13. The summed E-state index contributed by atoms with van der Waals surface area (Å²) >= 11 is 0. The fraction of sp³-hybridized carbons (Fsp3) is 0.125. The van der Waals surface area contributed by atoms with Crippen LogP contribution in [0.25, 0.3) is 21.9 Å². The van der Waals surface area contributed by atoms with Gasteiger partial charge in [-0.25, -0.2) is 0 Å². The first-order chi connectivity index (χ1) is 15.2. The normalized spacial score (nSPS) is 12.2. The number of H-pyrrole nitrogens is 1. The zero-order valence-corrected chi connectivity index (χ0v) is 16.8. The van der Waals surface area contributed by atoms with Crippen molar-refractivity contribution < 1.29 is 13.9 Å². The Kier molecular flexibility index (Phi) is 4.84. The van der Waals surface area contributed by atoms with Crippen LogP contribution in [0.5, 0.6) is 6.08 Å². The lowest BCUT2D eigenvalue weighted by Gasteiger charge is -2.12. The number of fused-ring (bicyclic) bond motifs is 2. The van der Waals surface area contributed by atoms with Crippen molar-refractivity contribution in [3.63, 3.8) is 0 Å². The minimum Gasteiger partial charge on any atom is -0.442 e. The summed E-state index contributed by atoms with van der Waals surface area (Å²) in [6.07, 6.45) is 1.61. The standard InChI is InChI=1S/C24H20N4O3/c1-15(30-24-26-20-11-4-5-12-21(20)31-24)19-14-25-28-23(19)27-22(29)13-17-9-6-8-16-7-2-3-10-18(16)17/h2-12,14-15H,13H2,1H3,(H2,25,27,28,29). The Bertz CT molecular complexity index is 1330. The molecule has 154 valence electrons. The summed E-state index contributed by atoms with van der Waals surface area (Å²) in [5.41, 5.74) is 3.04. The van der Waals surface area contributed by atoms with Crippen LogP contribution in [-0.4, -0.2) is 21.1 Å². The number of rotatable bonds is 6. The van der Waals surface area contributed by atoms with Gasteiger partial charge in [-0.3, -0.25) is 9.89 Å². The van der Waals surface area contributed by atoms with Crippen LogP contribution >= 0.6 is 0 Å². The second-order valence-electron chi connectivity index (χ2n) is 7.27. The molecule has 2 aromatic heterocycles. The molecule has 0 aliphatic rings.